The smallest absolute Gasteiger partial charge is 0.340 e. The van der Waals surface area contributed by atoms with Gasteiger partial charge in [0.05, 0.1) is 31.4 Å². The number of carbonyl (C=O) groups is 2. The van der Waals surface area contributed by atoms with Crippen molar-refractivity contribution in [2.45, 2.75) is 106 Å². The lowest BCUT2D eigenvalue weighted by atomic mass is 9.77. The van der Waals surface area contributed by atoms with Gasteiger partial charge in [0, 0.05) is 19.3 Å². The van der Waals surface area contributed by atoms with Crippen molar-refractivity contribution in [3.05, 3.63) is 59.1 Å². The van der Waals surface area contributed by atoms with Crippen LogP contribution >= 0.6 is 0 Å². The van der Waals surface area contributed by atoms with Gasteiger partial charge in [-0.2, -0.15) is 0 Å². The summed E-state index contributed by atoms with van der Waals surface area (Å²) in [6.45, 7) is -0.901. The molecule has 0 aromatic heterocycles. The summed E-state index contributed by atoms with van der Waals surface area (Å²) < 4.78 is 29.5. The minimum atomic E-state index is -2.95. The standard InChI is InChI=1S/C36H52N2O14/c1-37-21-49-30-34(51-28(19-40)29(41)36(30,46)47)52-33-26(16-22-7-5-6-8-22)35(45,27(20-48-33)32(44)50-25-9-3-2-4-10-25)12-11-23-15-24(31(42)43)18-38(17-23)13-14-39/h11-12,15-16,18,20,25-26,28-30,33-34,37,39-41,45-47H,2-10,13-14,17,19,21H2,1H3,(H,42,43)/b12-11+/t26-,28+,29+,30-,33-,34-,35+/m0/s1. The number of aliphatic carboxylic acids is 1. The van der Waals surface area contributed by atoms with Crippen molar-refractivity contribution in [3.8, 4) is 0 Å². The van der Waals surface area contributed by atoms with E-state index >= 15 is 0 Å². The zero-order valence-corrected chi connectivity index (χ0v) is 29.3. The molecule has 52 heavy (non-hydrogen) atoms. The molecule has 5 aliphatic rings. The monoisotopic (exact) mass is 736 g/mol. The molecule has 0 bridgehead atoms. The Morgan fingerprint density at radius 1 is 1.08 bits per heavy atom. The van der Waals surface area contributed by atoms with Gasteiger partial charge in [0.2, 0.25) is 12.1 Å². The van der Waals surface area contributed by atoms with Crippen LogP contribution in [0.3, 0.4) is 0 Å². The second kappa shape index (κ2) is 17.8. The maximum Gasteiger partial charge on any atom is 0.340 e. The number of hydrogen-bond acceptors (Lipinski definition) is 15. The van der Waals surface area contributed by atoms with Gasteiger partial charge in [0.15, 0.2) is 12.4 Å². The number of aliphatic hydroxyl groups is 6. The van der Waals surface area contributed by atoms with Crippen LogP contribution in [0.4, 0.5) is 0 Å². The van der Waals surface area contributed by atoms with Gasteiger partial charge in [-0.25, -0.2) is 9.59 Å². The number of esters is 1. The molecule has 2 aliphatic carbocycles. The van der Waals surface area contributed by atoms with Crippen molar-refractivity contribution < 1.29 is 69.0 Å². The molecule has 0 radical (unpaired) electrons. The minimum Gasteiger partial charge on any atom is -0.478 e. The first-order valence-electron chi connectivity index (χ1n) is 17.9. The second-order valence-electron chi connectivity index (χ2n) is 13.9. The average Bonchev–Trinajstić information content (AvgIpc) is 3.64. The van der Waals surface area contributed by atoms with Gasteiger partial charge in [0.1, 0.15) is 35.7 Å². The minimum absolute atomic E-state index is 0.0456. The Morgan fingerprint density at radius 3 is 2.46 bits per heavy atom. The Balaban J connectivity index is 1.57. The van der Waals surface area contributed by atoms with Crippen molar-refractivity contribution in [2.75, 3.05) is 40.1 Å². The largest absolute Gasteiger partial charge is 0.478 e. The Labute approximate surface area is 302 Å². The van der Waals surface area contributed by atoms with Crippen molar-refractivity contribution in [3.63, 3.8) is 0 Å². The van der Waals surface area contributed by atoms with Gasteiger partial charge in [-0.05, 0) is 76.1 Å². The third-order valence-corrected chi connectivity index (χ3v) is 10.1. The number of nitrogens with zero attached hydrogens (tertiary/aromatic N) is 1. The molecule has 0 unspecified atom stereocenters. The van der Waals surface area contributed by atoms with Gasteiger partial charge in [0.25, 0.3) is 0 Å². The van der Waals surface area contributed by atoms with Crippen molar-refractivity contribution in [1.82, 2.24) is 10.2 Å². The predicted octanol–water partition coefficient (Wildman–Crippen LogP) is 0.0469. The van der Waals surface area contributed by atoms with Crippen LogP contribution in [0, 0.1) is 5.92 Å². The normalized spacial score (nSPS) is 32.6. The summed E-state index contributed by atoms with van der Waals surface area (Å²) in [7, 11) is 1.54. The van der Waals surface area contributed by atoms with E-state index in [1.165, 1.54) is 24.4 Å². The number of allylic oxidation sites excluding steroid dienone is 1. The zero-order valence-electron chi connectivity index (χ0n) is 29.3. The molecule has 0 spiro atoms. The molecule has 3 aliphatic heterocycles. The molecule has 3 heterocycles. The highest BCUT2D eigenvalue weighted by Gasteiger charge is 2.58. The first kappa shape index (κ1) is 40.0. The van der Waals surface area contributed by atoms with Crippen LogP contribution in [0.5, 0.6) is 0 Å². The van der Waals surface area contributed by atoms with Crippen molar-refractivity contribution >= 4 is 11.9 Å². The molecular formula is C36H52N2O14. The van der Waals surface area contributed by atoms with Crippen LogP contribution in [0.2, 0.25) is 0 Å². The lowest BCUT2D eigenvalue weighted by molar-refractivity contribution is -0.412. The van der Waals surface area contributed by atoms with Gasteiger partial charge >= 0.3 is 11.9 Å². The average molecular weight is 737 g/mol. The molecule has 5 rings (SSSR count). The first-order chi connectivity index (χ1) is 24.9. The summed E-state index contributed by atoms with van der Waals surface area (Å²) in [4.78, 5) is 27.5. The number of β-amino-alcohol motifs (C(OH)–C–C–N with tert-alkyl or cyclic N) is 1. The topological polar surface area (TPSA) is 237 Å². The van der Waals surface area contributed by atoms with E-state index in [1.807, 2.05) is 0 Å². The van der Waals surface area contributed by atoms with Crippen LogP contribution in [-0.4, -0.2) is 141 Å². The summed E-state index contributed by atoms with van der Waals surface area (Å²) in [5.41, 5.74) is -1.07. The summed E-state index contributed by atoms with van der Waals surface area (Å²) in [5.74, 6) is -6.14. The van der Waals surface area contributed by atoms with Crippen molar-refractivity contribution in [2.24, 2.45) is 5.92 Å². The van der Waals surface area contributed by atoms with Gasteiger partial charge in [-0.15, -0.1) is 0 Å². The van der Waals surface area contributed by atoms with E-state index in [9.17, 15) is 45.3 Å². The van der Waals surface area contributed by atoms with E-state index in [4.69, 9.17) is 23.7 Å². The fourth-order valence-corrected chi connectivity index (χ4v) is 7.28. The van der Waals surface area contributed by atoms with Gasteiger partial charge < -0.3 is 64.3 Å². The van der Waals surface area contributed by atoms with E-state index in [-0.39, 0.29) is 43.7 Å². The number of rotatable bonds is 14. The van der Waals surface area contributed by atoms with E-state index in [2.05, 4.69) is 5.32 Å². The summed E-state index contributed by atoms with van der Waals surface area (Å²) >= 11 is 0. The van der Waals surface area contributed by atoms with Crippen LogP contribution < -0.4 is 5.32 Å². The van der Waals surface area contributed by atoms with Crippen LogP contribution in [0.25, 0.3) is 0 Å². The highest BCUT2D eigenvalue weighted by Crippen LogP contribution is 2.43. The van der Waals surface area contributed by atoms with Crippen molar-refractivity contribution in [1.29, 1.82) is 0 Å². The number of nitrogens with one attached hydrogen (secondary N) is 1. The molecule has 0 aromatic rings. The number of hydrogen-bond donors (Lipinski definition) is 8. The Morgan fingerprint density at radius 2 is 1.81 bits per heavy atom. The summed E-state index contributed by atoms with van der Waals surface area (Å²) in [6.07, 6.45) is 7.10. The summed E-state index contributed by atoms with van der Waals surface area (Å²) in [6, 6.07) is 0. The number of ether oxygens (including phenoxy) is 5. The van der Waals surface area contributed by atoms with E-state index < -0.39 is 66.7 Å². The van der Waals surface area contributed by atoms with E-state index in [0.29, 0.717) is 31.3 Å². The lowest BCUT2D eigenvalue weighted by Gasteiger charge is -2.48. The second-order valence-corrected chi connectivity index (χ2v) is 13.9. The van der Waals surface area contributed by atoms with Gasteiger partial charge in [-0.3, -0.25) is 5.32 Å². The fraction of sp³-hybridized carbons (Fsp3) is 0.667. The maximum atomic E-state index is 13.9. The van der Waals surface area contributed by atoms with Crippen LogP contribution in [-0.2, 0) is 33.3 Å². The van der Waals surface area contributed by atoms with Crippen LogP contribution in [0.1, 0.15) is 57.8 Å². The lowest BCUT2D eigenvalue weighted by Crippen LogP contribution is -2.69. The number of carboxylic acids is 1. The molecule has 16 nitrogen and oxygen atoms in total. The molecule has 3 fully saturated rings. The molecule has 0 aromatic carbocycles. The highest BCUT2D eigenvalue weighted by atomic mass is 16.8. The van der Waals surface area contributed by atoms with Gasteiger partial charge in [-0.1, -0.05) is 24.1 Å². The molecule has 290 valence electrons. The number of aliphatic hydroxyl groups excluding tert-OH is 3. The quantitative estimate of drug-likeness (QED) is 0.0668. The molecule has 2 saturated carbocycles. The Kier molecular flexibility index (Phi) is 13.7. The SMILES string of the molecule is CNCO[C@H]1[C@H](O[C@@H]2OC=C(C(=O)OC3CCCCC3)[C@@](O)(/C=C/C3=CC(C(=O)O)=CN(CCO)C3)[C@H]2C=C2CCCC2)O[C@H](CO)[C@@H](O)C1(O)O. The molecule has 16 heteroatoms. The molecular weight excluding hydrogens is 684 g/mol. The predicted molar refractivity (Wildman–Crippen MR) is 181 cm³/mol. The molecule has 0 amide bonds. The third-order valence-electron chi connectivity index (χ3n) is 10.1. The molecule has 1 saturated heterocycles. The zero-order chi connectivity index (χ0) is 37.5. The Hall–Kier alpha value is -3.16. The number of carboxylic acid groups (broad SMARTS) is 1. The van der Waals surface area contributed by atoms with E-state index in [0.717, 1.165) is 43.9 Å². The maximum absolute atomic E-state index is 13.9. The fourth-order valence-electron chi connectivity index (χ4n) is 7.28. The summed E-state index contributed by atoms with van der Waals surface area (Å²) in [5, 5.41) is 77.3. The third kappa shape index (κ3) is 9.13. The Bertz CT molecular complexity index is 1410. The van der Waals surface area contributed by atoms with Crippen LogP contribution in [0.15, 0.2) is 59.1 Å². The first-order valence-corrected chi connectivity index (χ1v) is 17.9. The molecule has 7 atom stereocenters. The number of carbonyl (C=O) groups excluding carboxylic acids is 1. The highest BCUT2D eigenvalue weighted by molar-refractivity contribution is 5.92. The molecule has 8 N–H and O–H groups in total. The van der Waals surface area contributed by atoms with E-state index in [1.54, 1.807) is 18.0 Å².